The van der Waals surface area contributed by atoms with Crippen LogP contribution in [0, 0.1) is 0 Å². The summed E-state index contributed by atoms with van der Waals surface area (Å²) >= 11 is 0. The van der Waals surface area contributed by atoms with Gasteiger partial charge in [-0.05, 0) is 108 Å². The molecule has 0 amide bonds. The molecule has 0 saturated heterocycles. The van der Waals surface area contributed by atoms with Crippen molar-refractivity contribution >= 4 is 21.5 Å². The SMILES string of the molecule is c1ccc(-c2cc(-c3ccc(-c4cccc(-c5ccc6c(c5)C(c5ccccc5)(c5ccccc5)c5cc7ccccc7cc5-6)c4)c4ccccc34)nc(-c3ccccc3)n2)cc1. The fraction of sp³-hybridized carbons (Fsp3) is 0.0164. The van der Waals surface area contributed by atoms with Gasteiger partial charge in [-0.2, -0.15) is 0 Å². The van der Waals surface area contributed by atoms with Gasteiger partial charge in [0.1, 0.15) is 0 Å². The molecule has 1 aliphatic carbocycles. The third kappa shape index (κ3) is 6.10. The number of nitrogens with zero attached hydrogens (tertiary/aromatic N) is 2. The normalized spacial score (nSPS) is 12.6. The van der Waals surface area contributed by atoms with Crippen LogP contribution in [-0.2, 0) is 5.41 Å². The molecule has 1 heterocycles. The maximum absolute atomic E-state index is 5.21. The third-order valence-electron chi connectivity index (χ3n) is 13.0. The van der Waals surface area contributed by atoms with E-state index in [0.717, 1.165) is 33.5 Å². The van der Waals surface area contributed by atoms with Crippen molar-refractivity contribution in [2.45, 2.75) is 5.41 Å². The Balaban J connectivity index is 1.01. The van der Waals surface area contributed by atoms with Crippen LogP contribution in [0.5, 0.6) is 0 Å². The van der Waals surface area contributed by atoms with Crippen LogP contribution in [0.2, 0.25) is 0 Å². The van der Waals surface area contributed by atoms with Crippen molar-refractivity contribution in [1.29, 1.82) is 0 Å². The minimum atomic E-state index is -0.501. The maximum Gasteiger partial charge on any atom is 0.160 e. The molecule has 0 radical (unpaired) electrons. The lowest BCUT2D eigenvalue weighted by Crippen LogP contribution is -2.28. The first-order valence-electron chi connectivity index (χ1n) is 21.6. The van der Waals surface area contributed by atoms with Gasteiger partial charge in [-0.25, -0.2) is 9.97 Å². The van der Waals surface area contributed by atoms with Crippen LogP contribution in [0.1, 0.15) is 22.3 Å². The second kappa shape index (κ2) is 15.1. The highest BCUT2D eigenvalue weighted by Gasteiger charge is 2.46. The van der Waals surface area contributed by atoms with Crippen molar-refractivity contribution < 1.29 is 0 Å². The molecule has 0 aliphatic heterocycles. The first-order chi connectivity index (χ1) is 31.2. The van der Waals surface area contributed by atoms with Crippen molar-refractivity contribution in [3.05, 3.63) is 265 Å². The second-order valence-electron chi connectivity index (χ2n) is 16.5. The van der Waals surface area contributed by atoms with Crippen LogP contribution in [0.4, 0.5) is 0 Å². The summed E-state index contributed by atoms with van der Waals surface area (Å²) < 4.78 is 0. The highest BCUT2D eigenvalue weighted by Crippen LogP contribution is 2.57. The molecule has 0 unspecified atom stereocenters. The first kappa shape index (κ1) is 36.6. The molecule has 294 valence electrons. The van der Waals surface area contributed by atoms with Gasteiger partial charge in [-0.1, -0.05) is 212 Å². The quantitative estimate of drug-likeness (QED) is 0.160. The van der Waals surface area contributed by atoms with Gasteiger partial charge in [-0.3, -0.25) is 0 Å². The molecule has 2 heteroatoms. The summed E-state index contributed by atoms with van der Waals surface area (Å²) in [5, 5.41) is 4.83. The van der Waals surface area contributed by atoms with E-state index in [0.29, 0.717) is 5.82 Å². The van der Waals surface area contributed by atoms with E-state index >= 15 is 0 Å². The summed E-state index contributed by atoms with van der Waals surface area (Å²) in [7, 11) is 0. The van der Waals surface area contributed by atoms with Crippen LogP contribution < -0.4 is 0 Å². The summed E-state index contributed by atoms with van der Waals surface area (Å²) in [6, 6.07) is 87.9. The monoisotopic (exact) mass is 800 g/mol. The van der Waals surface area contributed by atoms with Crippen molar-refractivity contribution in [2.75, 3.05) is 0 Å². The van der Waals surface area contributed by atoms with Crippen molar-refractivity contribution in [3.8, 4) is 67.3 Å². The maximum atomic E-state index is 5.21. The van der Waals surface area contributed by atoms with Crippen molar-refractivity contribution in [3.63, 3.8) is 0 Å². The Kier molecular flexibility index (Phi) is 8.76. The minimum absolute atomic E-state index is 0.501. The Morgan fingerprint density at radius 2 is 0.762 bits per heavy atom. The number of hydrogen-bond donors (Lipinski definition) is 0. The van der Waals surface area contributed by atoms with Gasteiger partial charge in [-0.15, -0.1) is 0 Å². The summed E-state index contributed by atoms with van der Waals surface area (Å²) in [5.74, 6) is 0.710. The van der Waals surface area contributed by atoms with Crippen LogP contribution >= 0.6 is 0 Å². The number of rotatable bonds is 7. The van der Waals surface area contributed by atoms with Crippen molar-refractivity contribution in [1.82, 2.24) is 9.97 Å². The lowest BCUT2D eigenvalue weighted by molar-refractivity contribution is 0.770. The molecule has 0 N–H and O–H groups in total. The van der Waals surface area contributed by atoms with Crippen LogP contribution in [-0.4, -0.2) is 9.97 Å². The summed E-state index contributed by atoms with van der Waals surface area (Å²) in [4.78, 5) is 10.3. The van der Waals surface area contributed by atoms with E-state index in [-0.39, 0.29) is 0 Å². The molecule has 0 spiro atoms. The predicted molar refractivity (Wildman–Crippen MR) is 262 cm³/mol. The van der Waals surface area contributed by atoms with E-state index in [1.807, 2.05) is 24.3 Å². The topological polar surface area (TPSA) is 25.8 Å². The third-order valence-corrected chi connectivity index (χ3v) is 13.0. The molecule has 63 heavy (non-hydrogen) atoms. The zero-order valence-electron chi connectivity index (χ0n) is 34.5. The molecule has 0 fully saturated rings. The Hall–Kier alpha value is -8.20. The molecule has 1 aromatic heterocycles. The molecule has 2 nitrogen and oxygen atoms in total. The Bertz CT molecular complexity index is 3390. The molecule has 1 aliphatic rings. The van der Waals surface area contributed by atoms with Gasteiger partial charge in [0, 0.05) is 16.7 Å². The zero-order chi connectivity index (χ0) is 41.7. The van der Waals surface area contributed by atoms with Gasteiger partial charge in [0.05, 0.1) is 16.8 Å². The van der Waals surface area contributed by atoms with Crippen molar-refractivity contribution in [2.24, 2.45) is 0 Å². The molecular formula is C61H40N2. The first-order valence-corrected chi connectivity index (χ1v) is 21.6. The van der Waals surface area contributed by atoms with Gasteiger partial charge < -0.3 is 0 Å². The molecule has 10 aromatic carbocycles. The standard InChI is InChI=1S/C61H40N2/c1-5-18-41(19-6-1)58-40-59(63-60(62-58)42-20-7-2-8-21-42)54-35-34-50(51-30-15-16-31-52(51)54)47-25-17-24-43(36-47)46-32-33-53-55-37-44-22-13-14-23-45(44)38-57(55)61(56(53)39-46,48-26-9-3-10-27-48)49-28-11-4-12-29-49/h1-40H. The lowest BCUT2D eigenvalue weighted by atomic mass is 9.67. The van der Waals surface area contributed by atoms with Gasteiger partial charge >= 0.3 is 0 Å². The zero-order valence-corrected chi connectivity index (χ0v) is 34.5. The lowest BCUT2D eigenvalue weighted by Gasteiger charge is -2.34. The van der Waals surface area contributed by atoms with E-state index in [4.69, 9.17) is 9.97 Å². The average molecular weight is 801 g/mol. The largest absolute Gasteiger partial charge is 0.228 e. The Morgan fingerprint density at radius 1 is 0.270 bits per heavy atom. The fourth-order valence-electron chi connectivity index (χ4n) is 10.1. The van der Waals surface area contributed by atoms with Crippen LogP contribution in [0.25, 0.3) is 88.8 Å². The molecule has 0 saturated carbocycles. The molecular weight excluding hydrogens is 761 g/mol. The average Bonchev–Trinajstić information content (AvgIpc) is 3.65. The minimum Gasteiger partial charge on any atom is -0.228 e. The smallest absolute Gasteiger partial charge is 0.160 e. The summed E-state index contributed by atoms with van der Waals surface area (Å²) in [5.41, 5.74) is 16.8. The van der Waals surface area contributed by atoms with Crippen LogP contribution in [0.3, 0.4) is 0 Å². The van der Waals surface area contributed by atoms with E-state index < -0.39 is 5.41 Å². The van der Waals surface area contributed by atoms with Crippen LogP contribution in [0.15, 0.2) is 243 Å². The summed E-state index contributed by atoms with van der Waals surface area (Å²) in [6.45, 7) is 0. The fourth-order valence-corrected chi connectivity index (χ4v) is 10.1. The number of benzene rings is 10. The highest BCUT2D eigenvalue weighted by atomic mass is 14.9. The number of fused-ring (bicyclic) bond motifs is 5. The Labute approximate surface area is 367 Å². The van der Waals surface area contributed by atoms with E-state index in [1.54, 1.807) is 0 Å². The van der Waals surface area contributed by atoms with Gasteiger partial charge in [0.25, 0.3) is 0 Å². The molecule has 12 rings (SSSR count). The summed E-state index contributed by atoms with van der Waals surface area (Å²) in [6.07, 6.45) is 0. The van der Waals surface area contributed by atoms with Gasteiger partial charge in [0.2, 0.25) is 0 Å². The molecule has 0 atom stereocenters. The van der Waals surface area contributed by atoms with E-state index in [1.165, 1.54) is 71.8 Å². The van der Waals surface area contributed by atoms with E-state index in [2.05, 4.69) is 218 Å². The predicted octanol–water partition coefficient (Wildman–Crippen LogP) is 15.5. The highest BCUT2D eigenvalue weighted by molar-refractivity contribution is 6.05. The second-order valence-corrected chi connectivity index (χ2v) is 16.5. The Morgan fingerprint density at radius 3 is 1.46 bits per heavy atom. The van der Waals surface area contributed by atoms with E-state index in [9.17, 15) is 0 Å². The molecule has 11 aromatic rings. The molecule has 0 bridgehead atoms. The number of hydrogen-bond acceptors (Lipinski definition) is 2. The number of aromatic nitrogens is 2. The van der Waals surface area contributed by atoms with Gasteiger partial charge in [0.15, 0.2) is 5.82 Å².